The molecule has 74 valence electrons. The van der Waals surface area contributed by atoms with Crippen molar-refractivity contribution in [1.82, 2.24) is 0 Å². The number of ether oxygens (including phenoxy) is 1. The predicted octanol–water partition coefficient (Wildman–Crippen LogP) is 1.72. The Hall–Kier alpha value is -0.0800. The zero-order valence-corrected chi connectivity index (χ0v) is 8.25. The van der Waals surface area contributed by atoms with E-state index >= 15 is 0 Å². The summed E-state index contributed by atoms with van der Waals surface area (Å²) in [5.74, 6) is 1.20. The van der Waals surface area contributed by atoms with Gasteiger partial charge in [-0.25, -0.2) is 0 Å². The maximum Gasteiger partial charge on any atom is 0.0916 e. The lowest BCUT2D eigenvalue weighted by molar-refractivity contribution is -0.0301. The molecule has 1 aliphatic heterocycles. The van der Waals surface area contributed by atoms with Gasteiger partial charge >= 0.3 is 0 Å². The van der Waals surface area contributed by atoms with E-state index in [1.807, 2.05) is 0 Å². The molecular weight excluding hydrogens is 164 g/mol. The number of hydrogen-bond acceptors (Lipinski definition) is 2. The van der Waals surface area contributed by atoms with Gasteiger partial charge in [-0.2, -0.15) is 0 Å². The van der Waals surface area contributed by atoms with Gasteiger partial charge in [-0.1, -0.05) is 0 Å². The van der Waals surface area contributed by atoms with Gasteiger partial charge in [-0.15, -0.1) is 0 Å². The van der Waals surface area contributed by atoms with Gasteiger partial charge in [0.1, 0.15) is 0 Å². The average Bonchev–Trinajstić information content (AvgIpc) is 2.93. The molecule has 0 bridgehead atoms. The first kappa shape index (κ1) is 8.25. The van der Waals surface area contributed by atoms with Gasteiger partial charge in [0.05, 0.1) is 17.8 Å². The molecule has 0 aromatic carbocycles. The highest BCUT2D eigenvalue weighted by Gasteiger charge is 2.58. The summed E-state index contributed by atoms with van der Waals surface area (Å²) in [5, 5.41) is 10.6. The highest BCUT2D eigenvalue weighted by Crippen LogP contribution is 2.56. The zero-order chi connectivity index (χ0) is 9.10. The van der Waals surface area contributed by atoms with Crippen molar-refractivity contribution in [3.63, 3.8) is 0 Å². The zero-order valence-electron chi connectivity index (χ0n) is 8.25. The fraction of sp³-hybridized carbons (Fsp3) is 1.00. The third kappa shape index (κ3) is 1.40. The van der Waals surface area contributed by atoms with Crippen molar-refractivity contribution in [2.75, 3.05) is 6.61 Å². The smallest absolute Gasteiger partial charge is 0.0916 e. The van der Waals surface area contributed by atoms with E-state index in [2.05, 4.69) is 6.92 Å². The van der Waals surface area contributed by atoms with Crippen LogP contribution in [-0.2, 0) is 4.74 Å². The lowest BCUT2D eigenvalue weighted by Gasteiger charge is -2.30. The van der Waals surface area contributed by atoms with E-state index in [1.54, 1.807) is 0 Å². The highest BCUT2D eigenvalue weighted by molar-refractivity contribution is 5.08. The minimum Gasteiger partial charge on any atom is -0.389 e. The maximum absolute atomic E-state index is 10.6. The molecule has 1 heterocycles. The van der Waals surface area contributed by atoms with E-state index in [9.17, 15) is 5.11 Å². The van der Waals surface area contributed by atoms with E-state index < -0.39 is 0 Å². The molecule has 2 aliphatic carbocycles. The Labute approximate surface area is 79.3 Å². The molecule has 2 saturated carbocycles. The number of rotatable bonds is 4. The van der Waals surface area contributed by atoms with Crippen molar-refractivity contribution in [3.05, 3.63) is 0 Å². The summed E-state index contributed by atoms with van der Waals surface area (Å²) in [4.78, 5) is 0. The van der Waals surface area contributed by atoms with E-state index in [0.29, 0.717) is 11.8 Å². The van der Waals surface area contributed by atoms with Gasteiger partial charge in [0, 0.05) is 6.42 Å². The molecule has 1 saturated heterocycles. The van der Waals surface area contributed by atoms with E-state index in [-0.39, 0.29) is 11.2 Å². The van der Waals surface area contributed by atoms with Crippen LogP contribution in [0.4, 0.5) is 0 Å². The molecule has 0 radical (unpaired) electrons. The molecular formula is C11H18O2. The summed E-state index contributed by atoms with van der Waals surface area (Å²) in [7, 11) is 0. The molecule has 13 heavy (non-hydrogen) atoms. The number of hydrogen-bond donors (Lipinski definition) is 1. The molecule has 0 amide bonds. The van der Waals surface area contributed by atoms with Crippen LogP contribution in [0.3, 0.4) is 0 Å². The first-order valence-electron chi connectivity index (χ1n) is 5.49. The van der Waals surface area contributed by atoms with Crippen molar-refractivity contribution in [2.45, 2.75) is 50.2 Å². The lowest BCUT2D eigenvalue weighted by Crippen LogP contribution is -2.38. The summed E-state index contributed by atoms with van der Waals surface area (Å²) in [6, 6.07) is 0. The summed E-state index contributed by atoms with van der Waals surface area (Å²) in [5.41, 5.74) is -0.328. The highest BCUT2D eigenvalue weighted by atomic mass is 16.6. The Morgan fingerprint density at radius 1 is 1.31 bits per heavy atom. The molecule has 0 aromatic heterocycles. The standard InChI is InChI=1S/C11H18O2/c1-10(7-13-10)6-11(12,8-2-3-8)9-4-5-9/h8-9,12H,2-7H2,1H3/t10-/m0/s1. The molecule has 3 rings (SSSR count). The predicted molar refractivity (Wildman–Crippen MR) is 49.4 cm³/mol. The Balaban J connectivity index is 1.73. The van der Waals surface area contributed by atoms with Crippen molar-refractivity contribution in [3.8, 4) is 0 Å². The Morgan fingerprint density at radius 3 is 2.08 bits per heavy atom. The molecule has 0 aromatic rings. The van der Waals surface area contributed by atoms with Crippen LogP contribution in [0.2, 0.25) is 0 Å². The quantitative estimate of drug-likeness (QED) is 0.671. The molecule has 2 nitrogen and oxygen atoms in total. The minimum atomic E-state index is -0.356. The second-order valence-electron chi connectivity index (χ2n) is 5.46. The molecule has 0 spiro atoms. The second kappa shape index (κ2) is 2.29. The van der Waals surface area contributed by atoms with Crippen LogP contribution in [0.1, 0.15) is 39.0 Å². The van der Waals surface area contributed by atoms with Gasteiger partial charge < -0.3 is 9.84 Å². The van der Waals surface area contributed by atoms with E-state index in [1.165, 1.54) is 25.7 Å². The maximum atomic E-state index is 10.6. The molecule has 1 atom stereocenters. The summed E-state index contributed by atoms with van der Waals surface area (Å²) in [6.07, 6.45) is 5.84. The molecule has 2 heteroatoms. The normalized spacial score (nSPS) is 39.2. The minimum absolute atomic E-state index is 0.0277. The Kier molecular flexibility index (Phi) is 1.45. The lowest BCUT2D eigenvalue weighted by atomic mass is 9.83. The second-order valence-corrected chi connectivity index (χ2v) is 5.46. The Morgan fingerprint density at radius 2 is 1.77 bits per heavy atom. The van der Waals surface area contributed by atoms with Gasteiger partial charge in [0.2, 0.25) is 0 Å². The van der Waals surface area contributed by atoms with E-state index in [0.717, 1.165) is 13.0 Å². The number of epoxide rings is 1. The van der Waals surface area contributed by atoms with Crippen molar-refractivity contribution in [2.24, 2.45) is 11.8 Å². The number of aliphatic hydroxyl groups is 1. The van der Waals surface area contributed by atoms with Crippen molar-refractivity contribution >= 4 is 0 Å². The molecule has 1 N–H and O–H groups in total. The van der Waals surface area contributed by atoms with Crippen LogP contribution in [0.15, 0.2) is 0 Å². The van der Waals surface area contributed by atoms with Crippen LogP contribution in [0, 0.1) is 11.8 Å². The van der Waals surface area contributed by atoms with Gasteiger partial charge in [0.25, 0.3) is 0 Å². The van der Waals surface area contributed by atoms with Crippen LogP contribution in [0.25, 0.3) is 0 Å². The van der Waals surface area contributed by atoms with Crippen molar-refractivity contribution < 1.29 is 9.84 Å². The largest absolute Gasteiger partial charge is 0.389 e. The van der Waals surface area contributed by atoms with Gasteiger partial charge in [-0.05, 0) is 44.4 Å². The Bertz CT molecular complexity index is 212. The van der Waals surface area contributed by atoms with Crippen LogP contribution < -0.4 is 0 Å². The summed E-state index contributed by atoms with van der Waals surface area (Å²) in [6.45, 7) is 2.98. The first-order valence-corrected chi connectivity index (χ1v) is 5.49. The first-order chi connectivity index (χ1) is 6.12. The van der Waals surface area contributed by atoms with Crippen LogP contribution in [-0.4, -0.2) is 22.9 Å². The third-order valence-corrected chi connectivity index (χ3v) is 3.86. The third-order valence-electron chi connectivity index (χ3n) is 3.86. The fourth-order valence-electron chi connectivity index (χ4n) is 2.61. The van der Waals surface area contributed by atoms with Crippen molar-refractivity contribution in [1.29, 1.82) is 0 Å². The van der Waals surface area contributed by atoms with E-state index in [4.69, 9.17) is 4.74 Å². The SMILES string of the molecule is C[C@]1(CC(O)(C2CC2)C2CC2)CO1. The summed E-state index contributed by atoms with van der Waals surface area (Å²) >= 11 is 0. The van der Waals surface area contributed by atoms with Crippen LogP contribution in [0.5, 0.6) is 0 Å². The van der Waals surface area contributed by atoms with Gasteiger partial charge in [0.15, 0.2) is 0 Å². The monoisotopic (exact) mass is 182 g/mol. The molecule has 0 unspecified atom stereocenters. The van der Waals surface area contributed by atoms with Crippen LogP contribution >= 0.6 is 0 Å². The topological polar surface area (TPSA) is 32.8 Å². The molecule has 3 fully saturated rings. The molecule has 3 aliphatic rings. The summed E-state index contributed by atoms with van der Waals surface area (Å²) < 4.78 is 5.39. The van der Waals surface area contributed by atoms with Gasteiger partial charge in [-0.3, -0.25) is 0 Å². The fourth-order valence-corrected chi connectivity index (χ4v) is 2.61. The average molecular weight is 182 g/mol.